The first-order chi connectivity index (χ1) is 13.6. The Morgan fingerprint density at radius 3 is 2.39 bits per heavy atom. The van der Waals surface area contributed by atoms with Crippen molar-refractivity contribution in [3.8, 4) is 11.5 Å². The van der Waals surface area contributed by atoms with Crippen LogP contribution in [0.1, 0.15) is 5.56 Å². The standard InChI is InChI=1S/C22H18N2O4/c1-27-16-10-8-14-9-11-20(28-2)18(17(14)12-16)13-19-21(25)24(22(26)23-19)15-6-4-3-5-7-15/h3-13H,1-2H3,(H,23,26)/b19-13+. The van der Waals surface area contributed by atoms with E-state index < -0.39 is 11.9 Å². The largest absolute Gasteiger partial charge is 0.497 e. The smallest absolute Gasteiger partial charge is 0.333 e. The van der Waals surface area contributed by atoms with Gasteiger partial charge in [-0.2, -0.15) is 0 Å². The van der Waals surface area contributed by atoms with Crippen LogP contribution in [0.4, 0.5) is 10.5 Å². The number of imide groups is 1. The number of nitrogens with zero attached hydrogens (tertiary/aromatic N) is 1. The highest BCUT2D eigenvalue weighted by Crippen LogP contribution is 2.33. The minimum absolute atomic E-state index is 0.183. The maximum atomic E-state index is 12.9. The van der Waals surface area contributed by atoms with Gasteiger partial charge in [0.15, 0.2) is 0 Å². The molecule has 0 atom stereocenters. The normalized spacial score (nSPS) is 15.2. The zero-order valence-corrected chi connectivity index (χ0v) is 15.4. The Kier molecular flexibility index (Phi) is 4.45. The van der Waals surface area contributed by atoms with Crippen molar-refractivity contribution in [2.75, 3.05) is 19.1 Å². The number of ether oxygens (including phenoxy) is 2. The number of rotatable bonds is 4. The average molecular weight is 374 g/mol. The Hall–Kier alpha value is -3.80. The van der Waals surface area contributed by atoms with E-state index in [1.54, 1.807) is 44.6 Å². The van der Waals surface area contributed by atoms with Gasteiger partial charge in [0, 0.05) is 5.56 Å². The molecule has 1 fully saturated rings. The number of carbonyl (C=O) groups excluding carboxylic acids is 2. The van der Waals surface area contributed by atoms with E-state index in [2.05, 4.69) is 5.32 Å². The second-order valence-corrected chi connectivity index (χ2v) is 6.23. The number of hydrogen-bond donors (Lipinski definition) is 1. The lowest BCUT2D eigenvalue weighted by Gasteiger charge is -2.12. The summed E-state index contributed by atoms with van der Waals surface area (Å²) < 4.78 is 10.8. The van der Waals surface area contributed by atoms with Crippen LogP contribution in [0.15, 0.2) is 66.4 Å². The van der Waals surface area contributed by atoms with Crippen LogP contribution in [0.5, 0.6) is 11.5 Å². The molecule has 4 rings (SSSR count). The molecular weight excluding hydrogens is 356 g/mol. The topological polar surface area (TPSA) is 67.9 Å². The van der Waals surface area contributed by atoms with Gasteiger partial charge in [0.25, 0.3) is 5.91 Å². The lowest BCUT2D eigenvalue weighted by atomic mass is 10.0. The SMILES string of the molecule is COc1ccc2ccc(OC)c(/C=C3/NC(=O)N(c4ccccc4)C3=O)c2c1. The highest BCUT2D eigenvalue weighted by atomic mass is 16.5. The predicted octanol–water partition coefficient (Wildman–Crippen LogP) is 3.95. The van der Waals surface area contributed by atoms with E-state index in [4.69, 9.17) is 9.47 Å². The third kappa shape index (κ3) is 2.95. The van der Waals surface area contributed by atoms with Gasteiger partial charge in [0.05, 0.1) is 19.9 Å². The molecule has 3 amide bonds. The lowest BCUT2D eigenvalue weighted by molar-refractivity contribution is -0.113. The summed E-state index contributed by atoms with van der Waals surface area (Å²) in [6.07, 6.45) is 1.64. The first kappa shape index (κ1) is 17.6. The number of urea groups is 1. The molecule has 1 saturated heterocycles. The lowest BCUT2D eigenvalue weighted by Crippen LogP contribution is -2.30. The van der Waals surface area contributed by atoms with Crippen LogP contribution in [0.25, 0.3) is 16.8 Å². The molecular formula is C22H18N2O4. The molecule has 6 nitrogen and oxygen atoms in total. The Bertz CT molecular complexity index is 1100. The number of methoxy groups -OCH3 is 2. The molecule has 0 aromatic heterocycles. The van der Waals surface area contributed by atoms with Crippen LogP contribution in [-0.2, 0) is 4.79 Å². The van der Waals surface area contributed by atoms with Gasteiger partial charge in [-0.05, 0) is 47.2 Å². The molecule has 1 heterocycles. The molecule has 6 heteroatoms. The summed E-state index contributed by atoms with van der Waals surface area (Å²) in [5, 5.41) is 4.47. The molecule has 1 N–H and O–H groups in total. The van der Waals surface area contributed by atoms with Crippen molar-refractivity contribution < 1.29 is 19.1 Å². The van der Waals surface area contributed by atoms with E-state index in [1.807, 2.05) is 36.4 Å². The summed E-state index contributed by atoms with van der Waals surface area (Å²) in [7, 11) is 3.16. The first-order valence-electron chi connectivity index (χ1n) is 8.69. The van der Waals surface area contributed by atoms with Crippen molar-refractivity contribution >= 4 is 34.5 Å². The van der Waals surface area contributed by atoms with Gasteiger partial charge in [0.2, 0.25) is 0 Å². The molecule has 1 aliphatic rings. The van der Waals surface area contributed by atoms with E-state index in [1.165, 1.54) is 0 Å². The number of benzene rings is 3. The van der Waals surface area contributed by atoms with Gasteiger partial charge in [0.1, 0.15) is 17.2 Å². The molecule has 0 aliphatic carbocycles. The minimum Gasteiger partial charge on any atom is -0.497 e. The van der Waals surface area contributed by atoms with Crippen LogP contribution >= 0.6 is 0 Å². The number of fused-ring (bicyclic) bond motifs is 1. The number of para-hydroxylation sites is 1. The van der Waals surface area contributed by atoms with Crippen LogP contribution < -0.4 is 19.7 Å². The van der Waals surface area contributed by atoms with Crippen LogP contribution in [0.3, 0.4) is 0 Å². The van der Waals surface area contributed by atoms with Gasteiger partial charge >= 0.3 is 6.03 Å². The van der Waals surface area contributed by atoms with E-state index in [-0.39, 0.29) is 5.70 Å². The summed E-state index contributed by atoms with van der Waals surface area (Å²) in [4.78, 5) is 26.4. The van der Waals surface area contributed by atoms with Gasteiger partial charge in [-0.1, -0.05) is 30.3 Å². The fourth-order valence-electron chi connectivity index (χ4n) is 3.25. The summed E-state index contributed by atoms with van der Waals surface area (Å²) in [5.74, 6) is 0.861. The van der Waals surface area contributed by atoms with Gasteiger partial charge < -0.3 is 14.8 Å². The molecule has 0 spiro atoms. The van der Waals surface area contributed by atoms with Crippen molar-refractivity contribution in [3.63, 3.8) is 0 Å². The van der Waals surface area contributed by atoms with Crippen molar-refractivity contribution in [3.05, 3.63) is 71.9 Å². The maximum absolute atomic E-state index is 12.9. The van der Waals surface area contributed by atoms with Crippen molar-refractivity contribution in [1.29, 1.82) is 0 Å². The fraction of sp³-hybridized carbons (Fsp3) is 0.0909. The molecule has 0 radical (unpaired) electrons. The third-order valence-electron chi connectivity index (χ3n) is 4.63. The Labute approximate surface area is 162 Å². The Morgan fingerprint density at radius 2 is 1.68 bits per heavy atom. The number of anilines is 1. The molecule has 0 unspecified atom stereocenters. The summed E-state index contributed by atoms with van der Waals surface area (Å²) in [6.45, 7) is 0. The maximum Gasteiger partial charge on any atom is 0.333 e. The van der Waals surface area contributed by atoms with Crippen molar-refractivity contribution in [1.82, 2.24) is 5.32 Å². The van der Waals surface area contributed by atoms with Crippen LogP contribution in [-0.4, -0.2) is 26.2 Å². The first-order valence-corrected chi connectivity index (χ1v) is 8.69. The molecule has 28 heavy (non-hydrogen) atoms. The Balaban J connectivity index is 1.83. The predicted molar refractivity (Wildman–Crippen MR) is 107 cm³/mol. The molecule has 1 aliphatic heterocycles. The number of amides is 3. The second-order valence-electron chi connectivity index (χ2n) is 6.23. The van der Waals surface area contributed by atoms with Crippen molar-refractivity contribution in [2.45, 2.75) is 0 Å². The number of carbonyl (C=O) groups is 2. The minimum atomic E-state index is -0.487. The highest BCUT2D eigenvalue weighted by molar-refractivity contribution is 6.28. The summed E-state index contributed by atoms with van der Waals surface area (Å²) in [6, 6.07) is 17.8. The van der Waals surface area contributed by atoms with Gasteiger partial charge in [-0.3, -0.25) is 4.79 Å². The zero-order chi connectivity index (χ0) is 19.7. The van der Waals surface area contributed by atoms with Crippen LogP contribution in [0.2, 0.25) is 0 Å². The number of nitrogens with one attached hydrogen (secondary N) is 1. The number of hydrogen-bond acceptors (Lipinski definition) is 4. The third-order valence-corrected chi connectivity index (χ3v) is 4.63. The highest BCUT2D eigenvalue weighted by Gasteiger charge is 2.35. The van der Waals surface area contributed by atoms with E-state index >= 15 is 0 Å². The monoisotopic (exact) mass is 374 g/mol. The quantitative estimate of drug-likeness (QED) is 0.555. The van der Waals surface area contributed by atoms with E-state index in [9.17, 15) is 9.59 Å². The zero-order valence-electron chi connectivity index (χ0n) is 15.4. The Morgan fingerprint density at radius 1 is 0.929 bits per heavy atom. The molecule has 3 aromatic rings. The summed E-state index contributed by atoms with van der Waals surface area (Å²) in [5.41, 5.74) is 1.39. The van der Waals surface area contributed by atoms with E-state index in [0.717, 1.165) is 15.7 Å². The van der Waals surface area contributed by atoms with Crippen LogP contribution in [0, 0.1) is 0 Å². The summed E-state index contributed by atoms with van der Waals surface area (Å²) >= 11 is 0. The average Bonchev–Trinajstić information content (AvgIpc) is 3.01. The fourth-order valence-corrected chi connectivity index (χ4v) is 3.25. The molecule has 140 valence electrons. The molecule has 0 saturated carbocycles. The van der Waals surface area contributed by atoms with Crippen molar-refractivity contribution in [2.24, 2.45) is 0 Å². The molecule has 3 aromatic carbocycles. The van der Waals surface area contributed by atoms with Gasteiger partial charge in [-0.25, -0.2) is 9.69 Å². The van der Waals surface area contributed by atoms with E-state index in [0.29, 0.717) is 22.7 Å². The second kappa shape index (κ2) is 7.08. The molecule has 0 bridgehead atoms. The van der Waals surface area contributed by atoms with Gasteiger partial charge in [-0.15, -0.1) is 0 Å².